The molecular formula is C15H17N3O2. The maximum Gasteiger partial charge on any atom is 0.231 e. The average Bonchev–Trinajstić information content (AvgIpc) is 3.19. The van der Waals surface area contributed by atoms with E-state index in [4.69, 9.17) is 9.47 Å². The van der Waals surface area contributed by atoms with E-state index in [2.05, 4.69) is 20.9 Å². The van der Waals surface area contributed by atoms with Crippen molar-refractivity contribution in [1.29, 1.82) is 0 Å². The maximum absolute atomic E-state index is 5.43. The van der Waals surface area contributed by atoms with E-state index in [0.29, 0.717) is 12.8 Å². The third-order valence-electron chi connectivity index (χ3n) is 3.95. The molecule has 0 aliphatic carbocycles. The van der Waals surface area contributed by atoms with Gasteiger partial charge in [-0.1, -0.05) is 6.07 Å². The van der Waals surface area contributed by atoms with Gasteiger partial charge in [0.1, 0.15) is 0 Å². The second-order valence-electron chi connectivity index (χ2n) is 5.28. The first kappa shape index (κ1) is 11.8. The van der Waals surface area contributed by atoms with Crippen LogP contribution in [0.25, 0.3) is 0 Å². The van der Waals surface area contributed by atoms with Crippen LogP contribution >= 0.6 is 0 Å². The summed E-state index contributed by atoms with van der Waals surface area (Å²) in [6, 6.07) is 6.54. The molecule has 1 saturated heterocycles. The summed E-state index contributed by atoms with van der Waals surface area (Å²) in [6.45, 7) is 2.23. The smallest absolute Gasteiger partial charge is 0.231 e. The number of nitrogens with one attached hydrogen (secondary N) is 1. The molecule has 1 atom stereocenters. The average molecular weight is 271 g/mol. The highest BCUT2D eigenvalue weighted by atomic mass is 16.7. The van der Waals surface area contributed by atoms with Crippen LogP contribution in [0.15, 0.2) is 30.7 Å². The molecule has 2 aliphatic rings. The molecule has 1 aromatic heterocycles. The first-order chi connectivity index (χ1) is 9.90. The molecule has 0 saturated carbocycles. The summed E-state index contributed by atoms with van der Waals surface area (Å²) in [5.74, 6) is 1.67. The molecule has 0 bridgehead atoms. The lowest BCUT2D eigenvalue weighted by atomic mass is 10.1. The SMILES string of the molecule is c1cc2c(cc1Cn1cncc1C1CCCN1)OCO2. The van der Waals surface area contributed by atoms with Crippen LogP contribution in [0.2, 0.25) is 0 Å². The second-order valence-corrected chi connectivity index (χ2v) is 5.28. The highest BCUT2D eigenvalue weighted by molar-refractivity contribution is 5.44. The van der Waals surface area contributed by atoms with Crippen LogP contribution in [-0.2, 0) is 6.54 Å². The third-order valence-corrected chi connectivity index (χ3v) is 3.95. The summed E-state index contributed by atoms with van der Waals surface area (Å²) in [5, 5.41) is 3.52. The summed E-state index contributed by atoms with van der Waals surface area (Å²) in [7, 11) is 0. The lowest BCUT2D eigenvalue weighted by molar-refractivity contribution is 0.174. The van der Waals surface area contributed by atoms with Crippen molar-refractivity contribution >= 4 is 0 Å². The number of rotatable bonds is 3. The van der Waals surface area contributed by atoms with Crippen LogP contribution in [0.5, 0.6) is 11.5 Å². The van der Waals surface area contributed by atoms with Gasteiger partial charge >= 0.3 is 0 Å². The standard InChI is InChI=1S/C15H17N3O2/c1-2-12(17-5-1)13-7-16-9-18(13)8-11-3-4-14-15(6-11)20-10-19-14/h3-4,6-7,9,12,17H,1-2,5,8,10H2. The molecule has 1 fully saturated rings. The van der Waals surface area contributed by atoms with Crippen LogP contribution in [0.3, 0.4) is 0 Å². The van der Waals surface area contributed by atoms with Gasteiger partial charge in [-0.2, -0.15) is 0 Å². The monoisotopic (exact) mass is 271 g/mol. The van der Waals surface area contributed by atoms with E-state index in [0.717, 1.165) is 24.6 Å². The molecular weight excluding hydrogens is 254 g/mol. The van der Waals surface area contributed by atoms with Crippen LogP contribution < -0.4 is 14.8 Å². The summed E-state index contributed by atoms with van der Waals surface area (Å²) >= 11 is 0. The Labute approximate surface area is 117 Å². The lowest BCUT2D eigenvalue weighted by Gasteiger charge is -2.14. The zero-order chi connectivity index (χ0) is 13.4. The minimum Gasteiger partial charge on any atom is -0.454 e. The molecule has 2 aliphatic heterocycles. The highest BCUT2D eigenvalue weighted by Crippen LogP contribution is 2.33. The Kier molecular flexibility index (Phi) is 2.85. The molecule has 0 radical (unpaired) electrons. The van der Waals surface area contributed by atoms with Gasteiger partial charge in [0.25, 0.3) is 0 Å². The molecule has 1 aromatic carbocycles. The van der Waals surface area contributed by atoms with E-state index >= 15 is 0 Å². The van der Waals surface area contributed by atoms with Crippen molar-refractivity contribution in [2.75, 3.05) is 13.3 Å². The Hall–Kier alpha value is -2.01. The van der Waals surface area contributed by atoms with Crippen LogP contribution in [0.4, 0.5) is 0 Å². The van der Waals surface area contributed by atoms with E-state index in [1.54, 1.807) is 0 Å². The first-order valence-corrected chi connectivity index (χ1v) is 7.02. The molecule has 3 heterocycles. The van der Waals surface area contributed by atoms with Crippen LogP contribution in [0, 0.1) is 0 Å². The number of hydrogen-bond acceptors (Lipinski definition) is 4. The molecule has 2 aromatic rings. The topological polar surface area (TPSA) is 48.3 Å². The van der Waals surface area contributed by atoms with E-state index in [1.807, 2.05) is 24.7 Å². The quantitative estimate of drug-likeness (QED) is 0.928. The Balaban J connectivity index is 1.58. The normalized spacial score (nSPS) is 20.5. The molecule has 1 N–H and O–H groups in total. The summed E-state index contributed by atoms with van der Waals surface area (Å²) < 4.78 is 13.0. The predicted octanol–water partition coefficient (Wildman–Crippen LogP) is 2.08. The fraction of sp³-hybridized carbons (Fsp3) is 0.400. The van der Waals surface area contributed by atoms with Gasteiger partial charge in [-0.3, -0.25) is 0 Å². The van der Waals surface area contributed by atoms with E-state index in [1.165, 1.54) is 24.1 Å². The Morgan fingerprint density at radius 3 is 3.15 bits per heavy atom. The number of aromatic nitrogens is 2. The Bertz CT molecular complexity index is 617. The van der Waals surface area contributed by atoms with Crippen molar-refractivity contribution in [2.45, 2.75) is 25.4 Å². The van der Waals surface area contributed by atoms with Crippen molar-refractivity contribution in [1.82, 2.24) is 14.9 Å². The number of benzene rings is 1. The second kappa shape index (κ2) is 4.83. The van der Waals surface area contributed by atoms with E-state index < -0.39 is 0 Å². The lowest BCUT2D eigenvalue weighted by Crippen LogP contribution is -2.17. The van der Waals surface area contributed by atoms with Gasteiger partial charge in [-0.25, -0.2) is 4.98 Å². The minimum atomic E-state index is 0.321. The van der Waals surface area contributed by atoms with E-state index in [9.17, 15) is 0 Å². The highest BCUT2D eigenvalue weighted by Gasteiger charge is 2.20. The van der Waals surface area contributed by atoms with Crippen molar-refractivity contribution in [3.05, 3.63) is 42.0 Å². The third kappa shape index (κ3) is 2.04. The van der Waals surface area contributed by atoms with Gasteiger partial charge in [0.2, 0.25) is 6.79 Å². The summed E-state index contributed by atoms with van der Waals surface area (Å²) in [5.41, 5.74) is 2.46. The molecule has 0 spiro atoms. The first-order valence-electron chi connectivity index (χ1n) is 7.02. The van der Waals surface area contributed by atoms with Crippen molar-refractivity contribution in [3.8, 4) is 11.5 Å². The number of imidazole rings is 1. The van der Waals surface area contributed by atoms with Gasteiger partial charge in [0.05, 0.1) is 12.0 Å². The number of ether oxygens (including phenoxy) is 2. The molecule has 4 rings (SSSR count). The van der Waals surface area contributed by atoms with Gasteiger partial charge in [0, 0.05) is 18.8 Å². The zero-order valence-electron chi connectivity index (χ0n) is 11.2. The van der Waals surface area contributed by atoms with Crippen molar-refractivity contribution < 1.29 is 9.47 Å². The Morgan fingerprint density at radius 2 is 2.25 bits per heavy atom. The predicted molar refractivity (Wildman–Crippen MR) is 73.9 cm³/mol. The van der Waals surface area contributed by atoms with Crippen LogP contribution in [-0.4, -0.2) is 22.9 Å². The molecule has 5 nitrogen and oxygen atoms in total. The molecule has 5 heteroatoms. The largest absolute Gasteiger partial charge is 0.454 e. The molecule has 20 heavy (non-hydrogen) atoms. The maximum atomic E-state index is 5.43. The van der Waals surface area contributed by atoms with Gasteiger partial charge in [-0.05, 0) is 37.1 Å². The van der Waals surface area contributed by atoms with E-state index in [-0.39, 0.29) is 0 Å². The summed E-state index contributed by atoms with van der Waals surface area (Å²) in [4.78, 5) is 4.30. The Morgan fingerprint density at radius 1 is 1.30 bits per heavy atom. The molecule has 0 amide bonds. The molecule has 104 valence electrons. The minimum absolute atomic E-state index is 0.321. The van der Waals surface area contributed by atoms with Crippen molar-refractivity contribution in [2.24, 2.45) is 0 Å². The van der Waals surface area contributed by atoms with Crippen molar-refractivity contribution in [3.63, 3.8) is 0 Å². The summed E-state index contributed by atoms with van der Waals surface area (Å²) in [6.07, 6.45) is 6.29. The van der Waals surface area contributed by atoms with Gasteiger partial charge in [-0.15, -0.1) is 0 Å². The van der Waals surface area contributed by atoms with Gasteiger partial charge in [0.15, 0.2) is 11.5 Å². The zero-order valence-corrected chi connectivity index (χ0v) is 11.2. The molecule has 1 unspecified atom stereocenters. The number of fused-ring (bicyclic) bond motifs is 1. The number of nitrogens with zero attached hydrogens (tertiary/aromatic N) is 2. The fourth-order valence-electron chi connectivity index (χ4n) is 2.93. The van der Waals surface area contributed by atoms with Gasteiger partial charge < -0.3 is 19.4 Å². The van der Waals surface area contributed by atoms with Crippen LogP contribution in [0.1, 0.15) is 30.1 Å². The fourth-order valence-corrected chi connectivity index (χ4v) is 2.93. The number of hydrogen-bond donors (Lipinski definition) is 1.